The van der Waals surface area contributed by atoms with Gasteiger partial charge in [0.05, 0.1) is 17.5 Å². The molecule has 6 atom stereocenters. The molecule has 1 aromatic rings. The van der Waals surface area contributed by atoms with Gasteiger partial charge in [0.1, 0.15) is 5.75 Å². The number of likely N-dealkylation sites (N-methyl/N-ethyl adjacent to an activating group) is 1. The summed E-state index contributed by atoms with van der Waals surface area (Å²) in [5.41, 5.74) is 0.965. The lowest BCUT2D eigenvalue weighted by molar-refractivity contribution is -0.203. The topological polar surface area (TPSA) is 167 Å². The maximum absolute atomic E-state index is 14.2. The molecule has 1 aromatic carbocycles. The van der Waals surface area contributed by atoms with E-state index < -0.39 is 63.3 Å². The molecule has 0 aromatic heterocycles. The molecule has 3 aliphatic carbocycles. The van der Waals surface area contributed by atoms with Crippen molar-refractivity contribution in [3.63, 3.8) is 0 Å². The number of Topliss-reactive ketones (excluding diaryl/α,β-unsaturated/α-hetero) is 4. The third-order valence-electron chi connectivity index (χ3n) is 8.91. The van der Waals surface area contributed by atoms with Crippen LogP contribution in [0.2, 0.25) is 0 Å². The summed E-state index contributed by atoms with van der Waals surface area (Å²) >= 11 is 0. The number of amides is 1. The monoisotopic (exact) mass is 541 g/mol. The molecule has 10 heteroatoms. The van der Waals surface area contributed by atoms with Gasteiger partial charge in [0.25, 0.3) is 0 Å². The molecule has 2 saturated carbocycles. The number of rotatable bonds is 5. The number of hydrogen-bond acceptors (Lipinski definition) is 9. The highest BCUT2D eigenvalue weighted by atomic mass is 16.3. The van der Waals surface area contributed by atoms with Crippen LogP contribution in [0.4, 0.5) is 0 Å². The first-order valence-corrected chi connectivity index (χ1v) is 13.2. The van der Waals surface area contributed by atoms with Gasteiger partial charge in [0, 0.05) is 24.1 Å². The van der Waals surface area contributed by atoms with E-state index in [0.29, 0.717) is 24.2 Å². The lowest BCUT2D eigenvalue weighted by Crippen LogP contribution is -2.79. The number of hydrogen-bond donors (Lipinski definition) is 4. The average molecular weight is 542 g/mol. The number of aliphatic hydroxyl groups is 1. The number of benzene rings is 1. The number of nitrogens with one attached hydrogen (secondary N) is 1. The number of phenols is 1. The van der Waals surface area contributed by atoms with Gasteiger partial charge in [-0.25, -0.2) is 0 Å². The molecule has 10 nitrogen and oxygen atoms in total. The van der Waals surface area contributed by atoms with Crippen LogP contribution >= 0.6 is 0 Å². The molecule has 0 heterocycles. The van der Waals surface area contributed by atoms with Crippen molar-refractivity contribution in [3.05, 3.63) is 28.8 Å². The van der Waals surface area contributed by atoms with Crippen LogP contribution in [-0.4, -0.2) is 76.4 Å². The fourth-order valence-corrected chi connectivity index (χ4v) is 7.47. The van der Waals surface area contributed by atoms with Crippen LogP contribution in [0.15, 0.2) is 12.1 Å². The van der Waals surface area contributed by atoms with Crippen molar-refractivity contribution in [1.29, 1.82) is 0 Å². The molecule has 5 N–H and O–H groups in total. The largest absolute Gasteiger partial charge is 0.507 e. The van der Waals surface area contributed by atoms with Gasteiger partial charge in [0.15, 0.2) is 34.7 Å². The number of carbonyl (C=O) groups is 5. The number of aromatic hydroxyl groups is 1. The molecule has 0 saturated heterocycles. The van der Waals surface area contributed by atoms with Crippen LogP contribution in [0.25, 0.3) is 0 Å². The van der Waals surface area contributed by atoms with Gasteiger partial charge in [-0.05, 0) is 43.3 Å². The van der Waals surface area contributed by atoms with E-state index in [2.05, 4.69) is 26.1 Å². The fourth-order valence-electron chi connectivity index (χ4n) is 7.47. The zero-order chi connectivity index (χ0) is 29.5. The Hall–Kier alpha value is -2.95. The molecule has 39 heavy (non-hydrogen) atoms. The number of carbonyl (C=O) groups excluding carboxylic acids is 5. The third kappa shape index (κ3) is 4.06. The molecular weight excluding hydrogens is 502 g/mol. The Morgan fingerprint density at radius 3 is 2.28 bits per heavy atom. The summed E-state index contributed by atoms with van der Waals surface area (Å²) in [4.78, 5) is 68.9. The molecule has 212 valence electrons. The van der Waals surface area contributed by atoms with E-state index in [0.717, 1.165) is 0 Å². The SMILES string of the molecule is CN(C)[C@@H]1C(=O)C(C(N)=O)C(=O)[C@@]2(O)C(=O)C3C(=O)c4c(ccc(CNCC(C)(C)C)c4O)C[C@@]3(C)C[C@@]12C. The second-order valence-corrected chi connectivity index (χ2v) is 13.5. The van der Waals surface area contributed by atoms with Crippen molar-refractivity contribution in [2.45, 2.75) is 65.6 Å². The Labute approximate surface area is 228 Å². The molecule has 4 rings (SSSR count). The Balaban J connectivity index is 1.83. The van der Waals surface area contributed by atoms with E-state index in [1.54, 1.807) is 33.2 Å². The maximum Gasteiger partial charge on any atom is 0.235 e. The van der Waals surface area contributed by atoms with Gasteiger partial charge in [-0.1, -0.05) is 46.8 Å². The third-order valence-corrected chi connectivity index (χ3v) is 8.91. The summed E-state index contributed by atoms with van der Waals surface area (Å²) in [6.07, 6.45) is 0.181. The first-order valence-electron chi connectivity index (χ1n) is 13.2. The molecule has 2 unspecified atom stereocenters. The molecule has 0 spiro atoms. The Kier molecular flexibility index (Phi) is 6.73. The van der Waals surface area contributed by atoms with Crippen LogP contribution in [0.1, 0.15) is 62.5 Å². The van der Waals surface area contributed by atoms with Crippen molar-refractivity contribution in [2.75, 3.05) is 20.6 Å². The predicted octanol–water partition coefficient (Wildman–Crippen LogP) is 0.783. The number of nitrogens with two attached hydrogens (primary N) is 1. The van der Waals surface area contributed by atoms with Gasteiger partial charge in [-0.3, -0.25) is 28.9 Å². The molecule has 1 amide bonds. The molecule has 0 aliphatic heterocycles. The summed E-state index contributed by atoms with van der Waals surface area (Å²) in [5, 5.41) is 26.4. The van der Waals surface area contributed by atoms with Gasteiger partial charge in [-0.15, -0.1) is 0 Å². The van der Waals surface area contributed by atoms with Crippen molar-refractivity contribution in [2.24, 2.45) is 33.8 Å². The van der Waals surface area contributed by atoms with E-state index in [-0.39, 0.29) is 29.6 Å². The number of fused-ring (bicyclic) bond motifs is 3. The Morgan fingerprint density at radius 2 is 1.74 bits per heavy atom. The van der Waals surface area contributed by atoms with Crippen molar-refractivity contribution < 1.29 is 34.2 Å². The summed E-state index contributed by atoms with van der Waals surface area (Å²) < 4.78 is 0. The van der Waals surface area contributed by atoms with E-state index in [4.69, 9.17) is 5.73 Å². The molecule has 3 aliphatic rings. The average Bonchev–Trinajstić information content (AvgIpc) is 2.76. The van der Waals surface area contributed by atoms with Crippen molar-refractivity contribution >= 4 is 29.0 Å². The number of primary amides is 1. The number of nitrogens with zero attached hydrogens (tertiary/aromatic N) is 1. The highest BCUT2D eigenvalue weighted by Gasteiger charge is 2.76. The molecule has 0 radical (unpaired) electrons. The first-order chi connectivity index (χ1) is 17.8. The lowest BCUT2D eigenvalue weighted by Gasteiger charge is -2.61. The summed E-state index contributed by atoms with van der Waals surface area (Å²) in [7, 11) is 3.13. The zero-order valence-electron chi connectivity index (χ0n) is 23.7. The van der Waals surface area contributed by atoms with E-state index in [1.165, 1.54) is 11.8 Å². The van der Waals surface area contributed by atoms with Gasteiger partial charge in [0.2, 0.25) is 5.91 Å². The van der Waals surface area contributed by atoms with E-state index in [1.807, 2.05) is 0 Å². The highest BCUT2D eigenvalue weighted by Crippen LogP contribution is 2.61. The predicted molar refractivity (Wildman–Crippen MR) is 142 cm³/mol. The summed E-state index contributed by atoms with van der Waals surface area (Å²) in [6.45, 7) is 10.4. The maximum atomic E-state index is 14.2. The van der Waals surface area contributed by atoms with Crippen LogP contribution in [0, 0.1) is 28.1 Å². The second-order valence-electron chi connectivity index (χ2n) is 13.5. The number of phenolic OH excluding ortho intramolecular Hbond substituents is 1. The second kappa shape index (κ2) is 9.04. The molecule has 0 bridgehead atoms. The van der Waals surface area contributed by atoms with Gasteiger partial charge >= 0.3 is 0 Å². The van der Waals surface area contributed by atoms with Crippen molar-refractivity contribution in [3.8, 4) is 5.75 Å². The van der Waals surface area contributed by atoms with Crippen LogP contribution in [0.3, 0.4) is 0 Å². The Bertz CT molecular complexity index is 1300. The summed E-state index contributed by atoms with van der Waals surface area (Å²) in [6, 6.07) is 2.33. The Morgan fingerprint density at radius 1 is 1.13 bits per heavy atom. The fraction of sp³-hybridized carbons (Fsp3) is 0.621. The first kappa shape index (κ1) is 29.0. The number of ketones is 4. The van der Waals surface area contributed by atoms with Gasteiger partial charge < -0.3 is 21.3 Å². The summed E-state index contributed by atoms with van der Waals surface area (Å²) in [5.74, 6) is -8.75. The van der Waals surface area contributed by atoms with Crippen LogP contribution in [0.5, 0.6) is 5.75 Å². The van der Waals surface area contributed by atoms with Crippen LogP contribution in [-0.2, 0) is 32.1 Å². The standard InChI is InChI=1S/C29H39N3O7/c1-26(2,3)13-31-11-15-9-8-14-10-27(4)12-28(5)22(32(6)7)21(35)17(25(30)38)23(36)29(28,39)24(37)18(27)20(34)16(14)19(15)33/h8-9,17-18,22,31,33,39H,10-13H2,1-7H3,(H2,30,38)/t17?,18?,22-,27+,28+,29-/m1/s1. The molecule has 2 fully saturated rings. The zero-order valence-corrected chi connectivity index (χ0v) is 23.7. The smallest absolute Gasteiger partial charge is 0.235 e. The normalized spacial score (nSPS) is 34.5. The minimum atomic E-state index is -2.80. The van der Waals surface area contributed by atoms with E-state index >= 15 is 0 Å². The van der Waals surface area contributed by atoms with Crippen molar-refractivity contribution in [1.82, 2.24) is 10.2 Å². The quantitative estimate of drug-likeness (QED) is 0.394. The minimum Gasteiger partial charge on any atom is -0.507 e. The van der Waals surface area contributed by atoms with E-state index in [9.17, 15) is 34.2 Å². The van der Waals surface area contributed by atoms with Crippen LogP contribution < -0.4 is 11.1 Å². The van der Waals surface area contributed by atoms with Gasteiger partial charge in [-0.2, -0.15) is 0 Å². The molecular formula is C29H39N3O7. The lowest BCUT2D eigenvalue weighted by atomic mass is 9.42. The highest BCUT2D eigenvalue weighted by molar-refractivity contribution is 6.33. The minimum absolute atomic E-state index is 0.000817.